The highest BCUT2D eigenvalue weighted by molar-refractivity contribution is 7.98. The van der Waals surface area contributed by atoms with Crippen molar-refractivity contribution in [1.29, 1.82) is 0 Å². The van der Waals surface area contributed by atoms with E-state index in [0.717, 1.165) is 36.1 Å². The molecule has 0 radical (unpaired) electrons. The van der Waals surface area contributed by atoms with Crippen LogP contribution in [0.2, 0.25) is 5.02 Å². The number of hydrogen-bond donors (Lipinski definition) is 1. The van der Waals surface area contributed by atoms with Gasteiger partial charge in [-0.2, -0.15) is 0 Å². The Labute approximate surface area is 168 Å². The Morgan fingerprint density at radius 1 is 1.15 bits per heavy atom. The van der Waals surface area contributed by atoms with E-state index in [4.69, 9.17) is 16.3 Å². The van der Waals surface area contributed by atoms with Crippen molar-refractivity contribution in [3.63, 3.8) is 0 Å². The fourth-order valence-electron chi connectivity index (χ4n) is 3.53. The van der Waals surface area contributed by atoms with E-state index in [1.807, 2.05) is 42.7 Å². The Morgan fingerprint density at radius 2 is 1.85 bits per heavy atom. The van der Waals surface area contributed by atoms with Gasteiger partial charge in [0.25, 0.3) is 5.91 Å². The van der Waals surface area contributed by atoms with Crippen molar-refractivity contribution < 1.29 is 14.3 Å². The number of benzene rings is 2. The van der Waals surface area contributed by atoms with Gasteiger partial charge in [0.15, 0.2) is 6.61 Å². The lowest BCUT2D eigenvalue weighted by Gasteiger charge is -2.27. The summed E-state index contributed by atoms with van der Waals surface area (Å²) < 4.78 is 5.42. The number of carbonyl (C=O) groups is 2. The smallest absolute Gasteiger partial charge is 0.317 e. The van der Waals surface area contributed by atoms with Crippen molar-refractivity contribution in [2.45, 2.75) is 36.0 Å². The largest absolute Gasteiger partial charge is 0.455 e. The molecule has 3 rings (SSSR count). The maximum Gasteiger partial charge on any atom is 0.317 e. The summed E-state index contributed by atoms with van der Waals surface area (Å²) in [5.41, 5.74) is 0.919. The van der Waals surface area contributed by atoms with E-state index in [1.54, 1.807) is 23.9 Å². The molecule has 1 fully saturated rings. The Hall–Kier alpha value is -1.98. The van der Waals surface area contributed by atoms with E-state index in [9.17, 15) is 9.59 Å². The fraction of sp³-hybridized carbons (Fsp3) is 0.333. The molecule has 2 aromatic rings. The van der Waals surface area contributed by atoms with Crippen molar-refractivity contribution in [2.24, 2.45) is 0 Å². The number of thioether (sulfide) groups is 1. The predicted molar refractivity (Wildman–Crippen MR) is 109 cm³/mol. The number of carbonyl (C=O) groups excluding carboxylic acids is 2. The number of amides is 1. The van der Waals surface area contributed by atoms with Gasteiger partial charge in [-0.3, -0.25) is 9.59 Å². The monoisotopic (exact) mass is 403 g/mol. The molecule has 0 spiro atoms. The maximum atomic E-state index is 12.9. The molecule has 142 valence electrons. The Balaban J connectivity index is 1.64. The van der Waals surface area contributed by atoms with Gasteiger partial charge in [0.05, 0.1) is 5.41 Å². The van der Waals surface area contributed by atoms with Gasteiger partial charge in [-0.1, -0.05) is 42.6 Å². The van der Waals surface area contributed by atoms with Crippen LogP contribution in [0.25, 0.3) is 0 Å². The molecule has 0 aromatic heterocycles. The molecule has 1 aliphatic rings. The third-order valence-electron chi connectivity index (χ3n) is 4.93. The van der Waals surface area contributed by atoms with Gasteiger partial charge in [0.1, 0.15) is 0 Å². The van der Waals surface area contributed by atoms with Gasteiger partial charge in [-0.05, 0) is 55.0 Å². The molecule has 0 bridgehead atoms. The summed E-state index contributed by atoms with van der Waals surface area (Å²) in [4.78, 5) is 26.1. The molecular weight excluding hydrogens is 382 g/mol. The number of nitrogens with one attached hydrogen (secondary N) is 1. The van der Waals surface area contributed by atoms with Crippen molar-refractivity contribution in [2.75, 3.05) is 18.2 Å². The number of esters is 1. The number of rotatable bonds is 6. The first-order valence-electron chi connectivity index (χ1n) is 8.91. The van der Waals surface area contributed by atoms with E-state index >= 15 is 0 Å². The number of hydrogen-bond acceptors (Lipinski definition) is 4. The van der Waals surface area contributed by atoms with E-state index in [2.05, 4.69) is 5.32 Å². The lowest BCUT2D eigenvalue weighted by atomic mass is 9.79. The lowest BCUT2D eigenvalue weighted by molar-refractivity contribution is -0.153. The summed E-state index contributed by atoms with van der Waals surface area (Å²) in [5, 5.41) is 3.41. The molecule has 0 saturated heterocycles. The third-order valence-corrected chi connectivity index (χ3v) is 5.91. The predicted octanol–water partition coefficient (Wildman–Crippen LogP) is 5.06. The topological polar surface area (TPSA) is 55.4 Å². The summed E-state index contributed by atoms with van der Waals surface area (Å²) in [6.45, 7) is -0.294. The SMILES string of the molecule is CSc1cccc(NC(=O)COC(=O)C2(c3ccc(Cl)cc3)CCCC2)c1. The minimum atomic E-state index is -0.677. The first kappa shape index (κ1) is 19.8. The van der Waals surface area contributed by atoms with Crippen LogP contribution in [-0.4, -0.2) is 24.7 Å². The Bertz CT molecular complexity index is 816. The van der Waals surface area contributed by atoms with E-state index in [-0.39, 0.29) is 18.5 Å². The second-order valence-corrected chi connectivity index (χ2v) is 7.97. The Morgan fingerprint density at radius 3 is 2.52 bits per heavy atom. The average molecular weight is 404 g/mol. The number of anilines is 1. The zero-order chi connectivity index (χ0) is 19.3. The van der Waals surface area contributed by atoms with Crippen LogP contribution in [0.3, 0.4) is 0 Å². The number of ether oxygens (including phenoxy) is 1. The Kier molecular flexibility index (Phi) is 6.45. The van der Waals surface area contributed by atoms with E-state index in [0.29, 0.717) is 10.7 Å². The molecule has 0 heterocycles. The van der Waals surface area contributed by atoms with Gasteiger partial charge in [0, 0.05) is 15.6 Å². The van der Waals surface area contributed by atoms with Crippen LogP contribution < -0.4 is 5.32 Å². The van der Waals surface area contributed by atoms with Gasteiger partial charge < -0.3 is 10.1 Å². The lowest BCUT2D eigenvalue weighted by Crippen LogP contribution is -2.36. The van der Waals surface area contributed by atoms with Crippen LogP contribution in [0.4, 0.5) is 5.69 Å². The normalized spacial score (nSPS) is 15.3. The first-order valence-corrected chi connectivity index (χ1v) is 10.5. The fourth-order valence-corrected chi connectivity index (χ4v) is 4.11. The highest BCUT2D eigenvalue weighted by Gasteiger charge is 2.44. The molecule has 1 N–H and O–H groups in total. The molecule has 0 aliphatic heterocycles. The molecule has 1 amide bonds. The van der Waals surface area contributed by atoms with Crippen LogP contribution in [0.15, 0.2) is 53.4 Å². The maximum absolute atomic E-state index is 12.9. The molecule has 4 nitrogen and oxygen atoms in total. The highest BCUT2D eigenvalue weighted by Crippen LogP contribution is 2.42. The summed E-state index contributed by atoms with van der Waals surface area (Å²) in [7, 11) is 0. The molecule has 6 heteroatoms. The summed E-state index contributed by atoms with van der Waals surface area (Å²) in [5.74, 6) is -0.679. The summed E-state index contributed by atoms with van der Waals surface area (Å²) in [6.07, 6.45) is 5.35. The zero-order valence-electron chi connectivity index (χ0n) is 15.2. The summed E-state index contributed by atoms with van der Waals surface area (Å²) >= 11 is 7.57. The van der Waals surface area contributed by atoms with Crippen LogP contribution in [0, 0.1) is 0 Å². The second-order valence-electron chi connectivity index (χ2n) is 6.65. The van der Waals surface area contributed by atoms with Crippen molar-refractivity contribution in [1.82, 2.24) is 0 Å². The van der Waals surface area contributed by atoms with Crippen molar-refractivity contribution >= 4 is 40.9 Å². The van der Waals surface area contributed by atoms with E-state index < -0.39 is 5.41 Å². The molecule has 1 saturated carbocycles. The third kappa shape index (κ3) is 4.66. The van der Waals surface area contributed by atoms with Crippen LogP contribution in [0.1, 0.15) is 31.2 Å². The molecule has 0 unspecified atom stereocenters. The minimum Gasteiger partial charge on any atom is -0.455 e. The molecule has 0 atom stereocenters. The molecular formula is C21H22ClNO3S. The number of halogens is 1. The molecule has 27 heavy (non-hydrogen) atoms. The zero-order valence-corrected chi connectivity index (χ0v) is 16.7. The second kappa shape index (κ2) is 8.81. The van der Waals surface area contributed by atoms with Crippen LogP contribution in [0.5, 0.6) is 0 Å². The quantitative estimate of drug-likeness (QED) is 0.541. The molecule has 1 aliphatic carbocycles. The standard InChI is InChI=1S/C21H22ClNO3S/c1-27-18-6-4-5-17(13-18)23-19(24)14-26-20(25)21(11-2-3-12-21)15-7-9-16(22)10-8-15/h4-10,13H,2-3,11-12,14H2,1H3,(H,23,24). The van der Waals surface area contributed by atoms with Crippen molar-refractivity contribution in [3.8, 4) is 0 Å². The highest BCUT2D eigenvalue weighted by atomic mass is 35.5. The van der Waals surface area contributed by atoms with E-state index in [1.165, 1.54) is 0 Å². The van der Waals surface area contributed by atoms with Gasteiger partial charge in [0.2, 0.25) is 0 Å². The average Bonchev–Trinajstić information content (AvgIpc) is 3.18. The summed E-state index contributed by atoms with van der Waals surface area (Å²) in [6, 6.07) is 14.9. The van der Waals surface area contributed by atoms with Gasteiger partial charge in [-0.15, -0.1) is 11.8 Å². The van der Waals surface area contributed by atoms with Crippen molar-refractivity contribution in [3.05, 3.63) is 59.1 Å². The molecule has 2 aromatic carbocycles. The van der Waals surface area contributed by atoms with Crippen LogP contribution in [-0.2, 0) is 19.7 Å². The van der Waals surface area contributed by atoms with Gasteiger partial charge in [-0.25, -0.2) is 0 Å². The van der Waals surface area contributed by atoms with Crippen LogP contribution >= 0.6 is 23.4 Å². The minimum absolute atomic E-state index is 0.294. The van der Waals surface area contributed by atoms with Gasteiger partial charge >= 0.3 is 5.97 Å². The first-order chi connectivity index (χ1) is 13.0.